The maximum absolute atomic E-state index is 6.39. The zero-order valence-electron chi connectivity index (χ0n) is 17.4. The largest absolute Gasteiger partial charge is 0.389 e. The van der Waals surface area contributed by atoms with Crippen LogP contribution >= 0.6 is 0 Å². The maximum Gasteiger partial charge on any atom is 0.335 e. The molecule has 2 nitrogen and oxygen atoms in total. The van der Waals surface area contributed by atoms with E-state index in [1.807, 2.05) is 0 Å². The second-order valence-electron chi connectivity index (χ2n) is 9.14. The van der Waals surface area contributed by atoms with Crippen LogP contribution in [0.25, 0.3) is 0 Å². The van der Waals surface area contributed by atoms with E-state index in [2.05, 4.69) is 55.0 Å². The molecule has 0 aliphatic rings. The predicted octanol–water partition coefficient (Wildman–Crippen LogP) is 7.22. The first-order chi connectivity index (χ1) is 10.5. The fourth-order valence-corrected chi connectivity index (χ4v) is 6.90. The van der Waals surface area contributed by atoms with E-state index in [-0.39, 0.29) is 11.2 Å². The molecule has 140 valence electrons. The van der Waals surface area contributed by atoms with Gasteiger partial charge in [0.15, 0.2) is 0 Å². The van der Waals surface area contributed by atoms with Crippen molar-refractivity contribution in [1.82, 2.24) is 0 Å². The summed E-state index contributed by atoms with van der Waals surface area (Å²) in [6, 6.07) is 1.11. The van der Waals surface area contributed by atoms with Gasteiger partial charge in [-0.2, -0.15) is 0 Å². The third-order valence-corrected chi connectivity index (χ3v) is 7.13. The van der Waals surface area contributed by atoms with Gasteiger partial charge in [-0.1, -0.05) is 64.7 Å². The summed E-state index contributed by atoms with van der Waals surface area (Å²) in [6.45, 7) is 17.4. The summed E-state index contributed by atoms with van der Waals surface area (Å²) in [6.07, 6.45) is 12.3. The molecular formula is C20H44O2Si. The van der Waals surface area contributed by atoms with Crippen molar-refractivity contribution in [2.45, 2.75) is 130 Å². The van der Waals surface area contributed by atoms with Gasteiger partial charge in [0.05, 0.1) is 11.2 Å². The molecule has 0 fully saturated rings. The third-order valence-electron chi connectivity index (χ3n) is 3.78. The van der Waals surface area contributed by atoms with Crippen LogP contribution in [0.4, 0.5) is 0 Å². The molecule has 3 heteroatoms. The van der Waals surface area contributed by atoms with E-state index in [4.69, 9.17) is 8.85 Å². The second kappa shape index (κ2) is 10.9. The van der Waals surface area contributed by atoms with E-state index >= 15 is 0 Å². The summed E-state index contributed by atoms with van der Waals surface area (Å²) in [5, 5.41) is 0. The Balaban J connectivity index is 4.06. The molecule has 0 aromatic rings. The van der Waals surface area contributed by atoms with Crippen molar-refractivity contribution in [2.24, 2.45) is 0 Å². The first-order valence-corrected chi connectivity index (χ1v) is 12.4. The molecule has 0 atom stereocenters. The van der Waals surface area contributed by atoms with Gasteiger partial charge in [-0.3, -0.25) is 0 Å². The molecule has 0 heterocycles. The van der Waals surface area contributed by atoms with Crippen molar-refractivity contribution in [3.63, 3.8) is 0 Å². The summed E-state index contributed by atoms with van der Waals surface area (Å²) < 4.78 is 12.8. The lowest BCUT2D eigenvalue weighted by Crippen LogP contribution is -2.49. The maximum atomic E-state index is 6.39. The summed E-state index contributed by atoms with van der Waals surface area (Å²) in [4.78, 5) is 0. The quantitative estimate of drug-likeness (QED) is 0.275. The number of hydrogen-bond donors (Lipinski definition) is 0. The Kier molecular flexibility index (Phi) is 11.0. The highest BCUT2D eigenvalue weighted by atomic mass is 28.4. The van der Waals surface area contributed by atoms with Crippen LogP contribution in [0.3, 0.4) is 0 Å². The summed E-state index contributed by atoms with van der Waals surface area (Å²) in [5.74, 6) is 0. The number of rotatable bonds is 12. The minimum atomic E-state index is -2.11. The van der Waals surface area contributed by atoms with Crippen LogP contribution in [0.2, 0.25) is 12.6 Å². The Morgan fingerprint density at radius 2 is 0.957 bits per heavy atom. The highest BCUT2D eigenvalue weighted by Gasteiger charge is 2.38. The zero-order valence-corrected chi connectivity index (χ0v) is 18.4. The highest BCUT2D eigenvalue weighted by molar-refractivity contribution is 6.66. The van der Waals surface area contributed by atoms with Crippen LogP contribution < -0.4 is 0 Å². The van der Waals surface area contributed by atoms with E-state index < -0.39 is 8.56 Å². The summed E-state index contributed by atoms with van der Waals surface area (Å²) in [7, 11) is -2.11. The van der Waals surface area contributed by atoms with Crippen molar-refractivity contribution < 1.29 is 8.85 Å². The van der Waals surface area contributed by atoms with Crippen LogP contribution in [0.1, 0.15) is 106 Å². The Bertz CT molecular complexity index is 273. The smallest absolute Gasteiger partial charge is 0.335 e. The monoisotopic (exact) mass is 344 g/mol. The van der Waals surface area contributed by atoms with Crippen LogP contribution in [0.15, 0.2) is 0 Å². The third kappa shape index (κ3) is 15.4. The fraction of sp³-hybridized carbons (Fsp3) is 1.00. The molecule has 0 saturated heterocycles. The Morgan fingerprint density at radius 1 is 0.609 bits per heavy atom. The van der Waals surface area contributed by atoms with Crippen LogP contribution in [-0.4, -0.2) is 19.8 Å². The number of hydrogen-bond acceptors (Lipinski definition) is 2. The average Bonchev–Trinajstić information content (AvgIpc) is 2.32. The molecule has 0 unspecified atom stereocenters. The molecule has 0 aliphatic carbocycles. The lowest BCUT2D eigenvalue weighted by Gasteiger charge is -2.39. The molecule has 0 radical (unpaired) electrons. The zero-order chi connectivity index (χ0) is 18.0. The molecule has 0 rings (SSSR count). The van der Waals surface area contributed by atoms with Gasteiger partial charge in [-0.15, -0.1) is 0 Å². The molecule has 0 bridgehead atoms. The molecule has 0 aromatic carbocycles. The first kappa shape index (κ1) is 23.1. The molecule has 0 saturated carbocycles. The topological polar surface area (TPSA) is 18.5 Å². The standard InChI is InChI=1S/C20H44O2Si/c1-9-10-11-12-13-14-15-16-17-18-23(8,21-19(2,3)4)22-20(5,6)7/h9-18H2,1-8H3. The van der Waals surface area contributed by atoms with E-state index in [0.717, 1.165) is 6.04 Å². The van der Waals surface area contributed by atoms with Gasteiger partial charge in [0.25, 0.3) is 0 Å². The van der Waals surface area contributed by atoms with Gasteiger partial charge in [0.2, 0.25) is 0 Å². The van der Waals surface area contributed by atoms with E-state index in [1.165, 1.54) is 57.8 Å². The van der Waals surface area contributed by atoms with Gasteiger partial charge in [-0.05, 0) is 54.1 Å². The van der Waals surface area contributed by atoms with Crippen molar-refractivity contribution in [3.8, 4) is 0 Å². The minimum absolute atomic E-state index is 0.120. The van der Waals surface area contributed by atoms with Crippen LogP contribution in [0, 0.1) is 0 Å². The van der Waals surface area contributed by atoms with Gasteiger partial charge in [-0.25, -0.2) is 0 Å². The molecule has 0 aliphatic heterocycles. The lowest BCUT2D eigenvalue weighted by atomic mass is 10.1. The van der Waals surface area contributed by atoms with Crippen molar-refractivity contribution in [2.75, 3.05) is 0 Å². The molecule has 0 spiro atoms. The van der Waals surface area contributed by atoms with Crippen LogP contribution in [0.5, 0.6) is 0 Å². The Labute approximate surface area is 148 Å². The highest BCUT2D eigenvalue weighted by Crippen LogP contribution is 2.28. The first-order valence-electron chi connectivity index (χ1n) is 9.88. The molecule has 23 heavy (non-hydrogen) atoms. The SMILES string of the molecule is CCCCCCCCCCC[Si](C)(OC(C)(C)C)OC(C)(C)C. The van der Waals surface area contributed by atoms with Crippen molar-refractivity contribution in [3.05, 3.63) is 0 Å². The predicted molar refractivity (Wildman–Crippen MR) is 105 cm³/mol. The summed E-state index contributed by atoms with van der Waals surface area (Å²) in [5.41, 5.74) is -0.239. The van der Waals surface area contributed by atoms with E-state index in [9.17, 15) is 0 Å². The van der Waals surface area contributed by atoms with Crippen LogP contribution in [-0.2, 0) is 8.85 Å². The Hall–Kier alpha value is 0.137. The second-order valence-corrected chi connectivity index (χ2v) is 12.3. The Morgan fingerprint density at radius 3 is 1.30 bits per heavy atom. The number of unbranched alkanes of at least 4 members (excludes halogenated alkanes) is 8. The van der Waals surface area contributed by atoms with Gasteiger partial charge in [0.1, 0.15) is 0 Å². The fourth-order valence-electron chi connectivity index (χ4n) is 3.18. The van der Waals surface area contributed by atoms with Gasteiger partial charge in [0, 0.05) is 0 Å². The molecule has 0 N–H and O–H groups in total. The van der Waals surface area contributed by atoms with Crippen molar-refractivity contribution in [1.29, 1.82) is 0 Å². The van der Waals surface area contributed by atoms with E-state index in [0.29, 0.717) is 0 Å². The molecule has 0 aromatic heterocycles. The lowest BCUT2D eigenvalue weighted by molar-refractivity contribution is 0.0173. The van der Waals surface area contributed by atoms with Gasteiger partial charge >= 0.3 is 8.56 Å². The molecule has 0 amide bonds. The van der Waals surface area contributed by atoms with E-state index in [1.54, 1.807) is 0 Å². The van der Waals surface area contributed by atoms with Crippen molar-refractivity contribution >= 4 is 8.56 Å². The van der Waals surface area contributed by atoms with Gasteiger partial charge < -0.3 is 8.85 Å². The molecular weight excluding hydrogens is 300 g/mol. The normalized spacial score (nSPS) is 13.6. The summed E-state index contributed by atoms with van der Waals surface area (Å²) >= 11 is 0. The minimum Gasteiger partial charge on any atom is -0.389 e. The average molecular weight is 345 g/mol.